The van der Waals surface area contributed by atoms with Crippen molar-refractivity contribution in [3.05, 3.63) is 28.2 Å². The largest absolute Gasteiger partial charge is 0.469 e. The standard InChI is InChI=1S/C14H19N3O4/c1-21-14(20)10-5-3-2-4-9(10)8-15-13(19)11-6-7-12(18)17-16-11/h6-7,9-10H,2-5,8H2,1H3,(H,15,19)(H,17,18). The number of nitrogens with zero attached hydrogens (tertiary/aromatic N) is 1. The van der Waals surface area contributed by atoms with Crippen molar-refractivity contribution in [3.63, 3.8) is 0 Å². The van der Waals surface area contributed by atoms with E-state index in [1.807, 2.05) is 0 Å². The van der Waals surface area contributed by atoms with E-state index in [1.165, 1.54) is 19.2 Å². The van der Waals surface area contributed by atoms with Gasteiger partial charge in [-0.05, 0) is 24.8 Å². The van der Waals surface area contributed by atoms with Crippen molar-refractivity contribution in [2.45, 2.75) is 25.7 Å². The van der Waals surface area contributed by atoms with Crippen LogP contribution in [-0.2, 0) is 9.53 Å². The van der Waals surface area contributed by atoms with Crippen molar-refractivity contribution in [1.29, 1.82) is 0 Å². The molecule has 1 saturated carbocycles. The highest BCUT2D eigenvalue weighted by Crippen LogP contribution is 2.30. The summed E-state index contributed by atoms with van der Waals surface area (Å²) in [5, 5.41) is 8.65. The van der Waals surface area contributed by atoms with Gasteiger partial charge in [-0.25, -0.2) is 5.10 Å². The monoisotopic (exact) mass is 293 g/mol. The Morgan fingerprint density at radius 3 is 2.81 bits per heavy atom. The highest BCUT2D eigenvalue weighted by atomic mass is 16.5. The maximum absolute atomic E-state index is 11.9. The van der Waals surface area contributed by atoms with Gasteiger partial charge < -0.3 is 10.1 Å². The van der Waals surface area contributed by atoms with E-state index in [0.29, 0.717) is 6.54 Å². The van der Waals surface area contributed by atoms with Gasteiger partial charge in [0, 0.05) is 12.6 Å². The molecule has 7 nitrogen and oxygen atoms in total. The molecule has 1 aromatic heterocycles. The SMILES string of the molecule is COC(=O)C1CCCCC1CNC(=O)c1ccc(=O)[nH]n1. The fourth-order valence-corrected chi connectivity index (χ4v) is 2.70. The van der Waals surface area contributed by atoms with E-state index in [2.05, 4.69) is 15.5 Å². The number of rotatable bonds is 4. The first-order valence-corrected chi connectivity index (χ1v) is 7.03. The van der Waals surface area contributed by atoms with Crippen LogP contribution in [-0.4, -0.2) is 35.7 Å². The van der Waals surface area contributed by atoms with Gasteiger partial charge in [0.2, 0.25) is 0 Å². The van der Waals surface area contributed by atoms with E-state index in [-0.39, 0.29) is 35.0 Å². The minimum Gasteiger partial charge on any atom is -0.469 e. The van der Waals surface area contributed by atoms with E-state index in [0.717, 1.165) is 25.7 Å². The van der Waals surface area contributed by atoms with Crippen LogP contribution in [0.3, 0.4) is 0 Å². The van der Waals surface area contributed by atoms with Gasteiger partial charge in [0.25, 0.3) is 11.5 Å². The second-order valence-electron chi connectivity index (χ2n) is 5.19. The molecule has 1 heterocycles. The van der Waals surface area contributed by atoms with Crippen LogP contribution in [0.5, 0.6) is 0 Å². The van der Waals surface area contributed by atoms with Gasteiger partial charge in [-0.1, -0.05) is 12.8 Å². The molecule has 0 aliphatic heterocycles. The van der Waals surface area contributed by atoms with E-state index in [9.17, 15) is 14.4 Å². The fourth-order valence-electron chi connectivity index (χ4n) is 2.70. The van der Waals surface area contributed by atoms with Crippen molar-refractivity contribution in [2.75, 3.05) is 13.7 Å². The lowest BCUT2D eigenvalue weighted by Gasteiger charge is -2.29. The Balaban J connectivity index is 1.94. The molecule has 0 bridgehead atoms. The molecule has 0 spiro atoms. The molecule has 0 radical (unpaired) electrons. The summed E-state index contributed by atoms with van der Waals surface area (Å²) in [5.74, 6) is -0.651. The van der Waals surface area contributed by atoms with Crippen LogP contribution >= 0.6 is 0 Å². The molecule has 0 aromatic carbocycles. The van der Waals surface area contributed by atoms with Crippen LogP contribution in [0, 0.1) is 11.8 Å². The molecule has 114 valence electrons. The number of ether oxygens (including phenoxy) is 1. The van der Waals surface area contributed by atoms with Gasteiger partial charge in [0.15, 0.2) is 0 Å². The number of aromatic amines is 1. The Morgan fingerprint density at radius 2 is 2.14 bits per heavy atom. The number of carbonyl (C=O) groups is 2. The molecule has 7 heteroatoms. The van der Waals surface area contributed by atoms with Crippen molar-refractivity contribution < 1.29 is 14.3 Å². The van der Waals surface area contributed by atoms with E-state index in [4.69, 9.17) is 4.74 Å². The third-order valence-corrected chi connectivity index (χ3v) is 3.85. The van der Waals surface area contributed by atoms with Crippen molar-refractivity contribution >= 4 is 11.9 Å². The molecule has 2 unspecified atom stereocenters. The molecule has 2 N–H and O–H groups in total. The second-order valence-corrected chi connectivity index (χ2v) is 5.19. The van der Waals surface area contributed by atoms with Crippen LogP contribution in [0.15, 0.2) is 16.9 Å². The molecule has 2 atom stereocenters. The second kappa shape index (κ2) is 7.01. The Labute approximate surface area is 122 Å². The topological polar surface area (TPSA) is 101 Å². The summed E-state index contributed by atoms with van der Waals surface area (Å²) >= 11 is 0. The van der Waals surface area contributed by atoms with Gasteiger partial charge in [-0.15, -0.1) is 0 Å². The van der Waals surface area contributed by atoms with Crippen molar-refractivity contribution in [2.24, 2.45) is 11.8 Å². The molecule has 1 fully saturated rings. The molecule has 1 aliphatic carbocycles. The van der Waals surface area contributed by atoms with Gasteiger partial charge in [0.05, 0.1) is 13.0 Å². The third-order valence-electron chi connectivity index (χ3n) is 3.85. The summed E-state index contributed by atoms with van der Waals surface area (Å²) in [4.78, 5) is 34.6. The molecule has 1 aromatic rings. The lowest BCUT2D eigenvalue weighted by atomic mass is 9.79. The summed E-state index contributed by atoms with van der Waals surface area (Å²) in [6, 6.07) is 2.62. The zero-order valence-electron chi connectivity index (χ0n) is 11.9. The molecule has 1 aliphatic rings. The molecule has 1 amide bonds. The number of carbonyl (C=O) groups excluding carboxylic acids is 2. The van der Waals surface area contributed by atoms with E-state index < -0.39 is 0 Å². The van der Waals surface area contributed by atoms with Gasteiger partial charge >= 0.3 is 5.97 Å². The van der Waals surface area contributed by atoms with Crippen LogP contribution in [0.4, 0.5) is 0 Å². The number of hydrogen-bond donors (Lipinski definition) is 2. The maximum atomic E-state index is 11.9. The summed E-state index contributed by atoms with van der Waals surface area (Å²) in [6.07, 6.45) is 3.74. The predicted molar refractivity (Wildman–Crippen MR) is 74.7 cm³/mol. The highest BCUT2D eigenvalue weighted by molar-refractivity contribution is 5.92. The van der Waals surface area contributed by atoms with Crippen molar-refractivity contribution in [1.82, 2.24) is 15.5 Å². The Bertz CT molecular complexity index is 549. The fraction of sp³-hybridized carbons (Fsp3) is 0.571. The summed E-state index contributed by atoms with van der Waals surface area (Å²) in [7, 11) is 1.39. The highest BCUT2D eigenvalue weighted by Gasteiger charge is 2.31. The first-order chi connectivity index (χ1) is 10.1. The van der Waals surface area contributed by atoms with E-state index in [1.54, 1.807) is 0 Å². The molecular weight excluding hydrogens is 274 g/mol. The Hall–Kier alpha value is -2.18. The minimum absolute atomic E-state index is 0.0814. The number of hydrogen-bond acceptors (Lipinski definition) is 5. The number of esters is 1. The lowest BCUT2D eigenvalue weighted by Crippen LogP contribution is -2.38. The van der Waals surface area contributed by atoms with Crippen LogP contribution in [0.25, 0.3) is 0 Å². The smallest absolute Gasteiger partial charge is 0.309 e. The average Bonchev–Trinajstić information content (AvgIpc) is 2.52. The summed E-state index contributed by atoms with van der Waals surface area (Å²) in [6.45, 7) is 0.402. The predicted octanol–water partition coefficient (Wildman–Crippen LogP) is 0.479. The van der Waals surface area contributed by atoms with Crippen LogP contribution < -0.4 is 10.9 Å². The third kappa shape index (κ3) is 3.90. The Kier molecular flexibility index (Phi) is 5.08. The molecule has 2 rings (SSSR count). The summed E-state index contributed by atoms with van der Waals surface area (Å²) in [5.41, 5.74) is -0.204. The zero-order chi connectivity index (χ0) is 15.2. The maximum Gasteiger partial charge on any atom is 0.309 e. The van der Waals surface area contributed by atoms with Crippen LogP contribution in [0.2, 0.25) is 0 Å². The number of H-pyrrole nitrogens is 1. The average molecular weight is 293 g/mol. The quantitative estimate of drug-likeness (QED) is 0.786. The number of nitrogens with one attached hydrogen (secondary N) is 2. The molecule has 21 heavy (non-hydrogen) atoms. The van der Waals surface area contributed by atoms with Gasteiger partial charge in [-0.3, -0.25) is 14.4 Å². The number of amides is 1. The first-order valence-electron chi connectivity index (χ1n) is 7.03. The summed E-state index contributed by atoms with van der Waals surface area (Å²) < 4.78 is 4.82. The van der Waals surface area contributed by atoms with Crippen molar-refractivity contribution in [3.8, 4) is 0 Å². The molecule has 0 saturated heterocycles. The first kappa shape index (κ1) is 15.2. The van der Waals surface area contributed by atoms with Gasteiger partial charge in [-0.2, -0.15) is 5.10 Å². The zero-order valence-corrected chi connectivity index (χ0v) is 11.9. The Morgan fingerprint density at radius 1 is 1.38 bits per heavy atom. The normalized spacial score (nSPS) is 21.6. The van der Waals surface area contributed by atoms with Gasteiger partial charge in [0.1, 0.15) is 5.69 Å². The van der Waals surface area contributed by atoms with Crippen LogP contribution in [0.1, 0.15) is 36.2 Å². The minimum atomic E-state index is -0.361. The lowest BCUT2D eigenvalue weighted by molar-refractivity contribution is -0.148. The van der Waals surface area contributed by atoms with E-state index >= 15 is 0 Å². The number of methoxy groups -OCH3 is 1. The molecular formula is C14H19N3O4. The number of aromatic nitrogens is 2.